The van der Waals surface area contributed by atoms with Gasteiger partial charge in [0.1, 0.15) is 0 Å². The van der Waals surface area contributed by atoms with Crippen LogP contribution in [0.3, 0.4) is 0 Å². The second-order valence-electron chi connectivity index (χ2n) is 5.93. The third kappa shape index (κ3) is 1.19. The number of rotatable bonds is 0. The minimum absolute atomic E-state index is 0.238. The number of nitrogens with zero attached hydrogens (tertiary/aromatic N) is 2. The van der Waals surface area contributed by atoms with E-state index < -0.39 is 0 Å². The number of fused-ring (bicyclic) bond motifs is 2. The summed E-state index contributed by atoms with van der Waals surface area (Å²) >= 11 is 0. The van der Waals surface area contributed by atoms with Gasteiger partial charge in [-0.2, -0.15) is 0 Å². The monoisotopic (exact) mass is 205 g/mol. The van der Waals surface area contributed by atoms with Crippen molar-refractivity contribution in [3.8, 4) is 0 Å². The van der Waals surface area contributed by atoms with Gasteiger partial charge in [-0.15, -0.1) is 0 Å². The van der Waals surface area contributed by atoms with E-state index in [1.165, 1.54) is 24.2 Å². The van der Waals surface area contributed by atoms with Crippen molar-refractivity contribution in [3.05, 3.63) is 17.7 Å². The Labute approximate surface area is 90.9 Å². The van der Waals surface area contributed by atoms with Gasteiger partial charge in [0, 0.05) is 20.0 Å². The van der Waals surface area contributed by atoms with E-state index in [2.05, 4.69) is 35.8 Å². The van der Waals surface area contributed by atoms with Crippen molar-refractivity contribution >= 4 is 0 Å². The van der Waals surface area contributed by atoms with E-state index in [1.54, 1.807) is 0 Å². The summed E-state index contributed by atoms with van der Waals surface area (Å²) in [6.07, 6.45) is 5.53. The average Bonchev–Trinajstić information content (AvgIpc) is 2.46. The third-order valence-electron chi connectivity index (χ3n) is 3.85. The van der Waals surface area contributed by atoms with Crippen LogP contribution in [-0.4, -0.2) is 16.1 Å². The van der Waals surface area contributed by atoms with Gasteiger partial charge in [-0.1, -0.05) is 13.8 Å². The number of imidazole rings is 1. The SMILES string of the molecule is Cn1cnc2c1C1(CC(C)(C)C1)NCC2. The van der Waals surface area contributed by atoms with Gasteiger partial charge in [-0.3, -0.25) is 0 Å². The lowest BCUT2D eigenvalue weighted by atomic mass is 9.57. The van der Waals surface area contributed by atoms with Gasteiger partial charge in [0.05, 0.1) is 23.3 Å². The van der Waals surface area contributed by atoms with Crippen LogP contribution in [0.25, 0.3) is 0 Å². The van der Waals surface area contributed by atoms with Gasteiger partial charge in [0.2, 0.25) is 0 Å². The minimum Gasteiger partial charge on any atom is -0.336 e. The smallest absolute Gasteiger partial charge is 0.0949 e. The molecule has 1 N–H and O–H groups in total. The molecule has 1 aliphatic heterocycles. The van der Waals surface area contributed by atoms with Gasteiger partial charge < -0.3 is 9.88 Å². The van der Waals surface area contributed by atoms with E-state index in [0.717, 1.165) is 13.0 Å². The Hall–Kier alpha value is -0.830. The van der Waals surface area contributed by atoms with Crippen LogP contribution in [0.5, 0.6) is 0 Å². The summed E-state index contributed by atoms with van der Waals surface area (Å²) in [5.74, 6) is 0. The first-order valence-corrected chi connectivity index (χ1v) is 5.78. The Bertz CT molecular complexity index is 395. The molecule has 3 rings (SSSR count). The molecule has 0 amide bonds. The second-order valence-corrected chi connectivity index (χ2v) is 5.93. The normalized spacial score (nSPS) is 26.1. The van der Waals surface area contributed by atoms with Crippen LogP contribution < -0.4 is 5.32 Å². The first-order chi connectivity index (χ1) is 7.03. The zero-order chi connectivity index (χ0) is 10.7. The van der Waals surface area contributed by atoms with Crippen LogP contribution >= 0.6 is 0 Å². The van der Waals surface area contributed by atoms with Gasteiger partial charge in [0.15, 0.2) is 0 Å². The Balaban J connectivity index is 2.04. The molecular formula is C12H19N3. The van der Waals surface area contributed by atoms with Crippen LogP contribution in [0.15, 0.2) is 6.33 Å². The minimum atomic E-state index is 0.238. The molecule has 0 unspecified atom stereocenters. The molecule has 2 heterocycles. The summed E-state index contributed by atoms with van der Waals surface area (Å²) in [5.41, 5.74) is 3.48. The standard InChI is InChI=1S/C12H19N3/c1-11(2)6-12(7-11)10-9(4-5-14-12)13-8-15(10)3/h8,14H,4-7H2,1-3H3. The molecule has 82 valence electrons. The highest BCUT2D eigenvalue weighted by Crippen LogP contribution is 2.54. The molecule has 2 aliphatic rings. The Morgan fingerprint density at radius 2 is 2.13 bits per heavy atom. The topological polar surface area (TPSA) is 29.9 Å². The number of aromatic nitrogens is 2. The quantitative estimate of drug-likeness (QED) is 0.697. The maximum atomic E-state index is 4.50. The maximum absolute atomic E-state index is 4.50. The fourth-order valence-electron chi connectivity index (χ4n) is 3.65. The third-order valence-corrected chi connectivity index (χ3v) is 3.85. The van der Waals surface area contributed by atoms with Crippen molar-refractivity contribution in [3.63, 3.8) is 0 Å². The zero-order valence-corrected chi connectivity index (χ0v) is 9.80. The fraction of sp³-hybridized carbons (Fsp3) is 0.750. The molecule has 1 aromatic rings. The van der Waals surface area contributed by atoms with E-state index in [4.69, 9.17) is 0 Å². The lowest BCUT2D eigenvalue weighted by Gasteiger charge is -2.55. The first-order valence-electron chi connectivity index (χ1n) is 5.78. The van der Waals surface area contributed by atoms with Gasteiger partial charge in [-0.25, -0.2) is 4.98 Å². The summed E-state index contributed by atoms with van der Waals surface area (Å²) in [6, 6.07) is 0. The van der Waals surface area contributed by atoms with Crippen molar-refractivity contribution in [1.29, 1.82) is 0 Å². The number of aryl methyl sites for hydroxylation is 1. The molecule has 0 atom stereocenters. The zero-order valence-electron chi connectivity index (χ0n) is 9.80. The fourth-order valence-corrected chi connectivity index (χ4v) is 3.65. The van der Waals surface area contributed by atoms with Gasteiger partial charge in [0.25, 0.3) is 0 Å². The molecule has 1 spiro atoms. The second kappa shape index (κ2) is 2.64. The van der Waals surface area contributed by atoms with E-state index in [-0.39, 0.29) is 5.54 Å². The van der Waals surface area contributed by atoms with E-state index in [9.17, 15) is 0 Å². The van der Waals surface area contributed by atoms with Crippen LogP contribution in [-0.2, 0) is 19.0 Å². The van der Waals surface area contributed by atoms with Crippen LogP contribution in [0, 0.1) is 5.41 Å². The van der Waals surface area contributed by atoms with Gasteiger partial charge >= 0.3 is 0 Å². The average molecular weight is 205 g/mol. The molecule has 0 bridgehead atoms. The maximum Gasteiger partial charge on any atom is 0.0949 e. The van der Waals surface area contributed by atoms with Crippen molar-refractivity contribution in [2.75, 3.05) is 6.54 Å². The van der Waals surface area contributed by atoms with Crippen LogP contribution in [0.2, 0.25) is 0 Å². The predicted octanol–water partition coefficient (Wildman–Crippen LogP) is 1.58. The molecule has 3 nitrogen and oxygen atoms in total. The molecule has 0 aromatic carbocycles. The highest BCUT2D eigenvalue weighted by atomic mass is 15.1. The number of hydrogen-bond donors (Lipinski definition) is 1. The van der Waals surface area contributed by atoms with E-state index >= 15 is 0 Å². The highest BCUT2D eigenvalue weighted by Gasteiger charge is 2.53. The van der Waals surface area contributed by atoms with Crippen LogP contribution in [0.4, 0.5) is 0 Å². The molecular weight excluding hydrogens is 186 g/mol. The summed E-state index contributed by atoms with van der Waals surface area (Å²) in [7, 11) is 2.12. The van der Waals surface area contributed by atoms with Crippen molar-refractivity contribution in [2.24, 2.45) is 12.5 Å². The number of hydrogen-bond acceptors (Lipinski definition) is 2. The molecule has 0 radical (unpaired) electrons. The highest BCUT2D eigenvalue weighted by molar-refractivity contribution is 5.31. The Morgan fingerprint density at radius 3 is 2.80 bits per heavy atom. The summed E-state index contributed by atoms with van der Waals surface area (Å²) < 4.78 is 2.21. The lowest BCUT2D eigenvalue weighted by molar-refractivity contribution is 0.0179. The molecule has 1 aliphatic carbocycles. The van der Waals surface area contributed by atoms with E-state index in [0.29, 0.717) is 5.41 Å². The Kier molecular flexibility index (Phi) is 1.66. The molecule has 1 fully saturated rings. The van der Waals surface area contributed by atoms with Crippen molar-refractivity contribution in [1.82, 2.24) is 14.9 Å². The first kappa shape index (κ1) is 9.40. The Morgan fingerprint density at radius 1 is 1.40 bits per heavy atom. The molecule has 1 aromatic heterocycles. The summed E-state index contributed by atoms with van der Waals surface area (Å²) in [5, 5.41) is 3.71. The number of nitrogens with one attached hydrogen (secondary N) is 1. The van der Waals surface area contributed by atoms with Gasteiger partial charge in [-0.05, 0) is 18.3 Å². The lowest BCUT2D eigenvalue weighted by Crippen LogP contribution is -2.59. The predicted molar refractivity (Wildman–Crippen MR) is 59.6 cm³/mol. The van der Waals surface area contributed by atoms with E-state index in [1.807, 2.05) is 6.33 Å². The molecule has 1 saturated carbocycles. The largest absolute Gasteiger partial charge is 0.336 e. The summed E-state index contributed by atoms with van der Waals surface area (Å²) in [4.78, 5) is 4.50. The summed E-state index contributed by atoms with van der Waals surface area (Å²) in [6.45, 7) is 5.79. The van der Waals surface area contributed by atoms with Crippen LogP contribution in [0.1, 0.15) is 38.1 Å². The molecule has 15 heavy (non-hydrogen) atoms. The molecule has 3 heteroatoms. The van der Waals surface area contributed by atoms with Crippen molar-refractivity contribution < 1.29 is 0 Å². The molecule has 0 saturated heterocycles. The van der Waals surface area contributed by atoms with Crippen molar-refractivity contribution in [2.45, 2.75) is 38.6 Å².